The molecule has 1 atom stereocenters. The van der Waals surface area contributed by atoms with Crippen LogP contribution in [0.15, 0.2) is 48.7 Å². The Morgan fingerprint density at radius 3 is 2.60 bits per heavy atom. The number of ether oxygens (including phenoxy) is 1. The van der Waals surface area contributed by atoms with Gasteiger partial charge in [0.2, 0.25) is 0 Å². The van der Waals surface area contributed by atoms with E-state index in [1.54, 1.807) is 13.2 Å². The highest BCUT2D eigenvalue weighted by molar-refractivity contribution is 5.90. The Kier molecular flexibility index (Phi) is 5.39. The van der Waals surface area contributed by atoms with Gasteiger partial charge in [-0.25, -0.2) is 4.39 Å². The number of aryl methyl sites for hydroxylation is 1. The number of hydrogen-bond acceptors (Lipinski definition) is 2. The van der Waals surface area contributed by atoms with Crippen LogP contribution in [0.4, 0.5) is 4.39 Å². The van der Waals surface area contributed by atoms with E-state index in [1.165, 1.54) is 11.6 Å². The molecule has 0 radical (unpaired) electrons. The molecule has 3 aromatic rings. The molecular weight excluding hydrogens is 315 g/mol. The van der Waals surface area contributed by atoms with Crippen molar-refractivity contribution >= 4 is 10.9 Å². The van der Waals surface area contributed by atoms with Gasteiger partial charge in [-0.05, 0) is 50.1 Å². The molecule has 0 aliphatic carbocycles. The number of benzene rings is 2. The van der Waals surface area contributed by atoms with Gasteiger partial charge >= 0.3 is 0 Å². The third-order valence-corrected chi connectivity index (χ3v) is 4.72. The molecule has 0 saturated heterocycles. The van der Waals surface area contributed by atoms with E-state index in [0.717, 1.165) is 36.2 Å². The van der Waals surface area contributed by atoms with Crippen LogP contribution in [0.1, 0.15) is 31.0 Å². The van der Waals surface area contributed by atoms with E-state index >= 15 is 0 Å². The molecule has 0 bridgehead atoms. The Morgan fingerprint density at radius 1 is 1.16 bits per heavy atom. The van der Waals surface area contributed by atoms with Gasteiger partial charge in [0.25, 0.3) is 0 Å². The lowest BCUT2D eigenvalue weighted by atomic mass is 10.1. The molecule has 0 amide bonds. The van der Waals surface area contributed by atoms with E-state index in [2.05, 4.69) is 36.5 Å². The van der Waals surface area contributed by atoms with E-state index in [9.17, 15) is 4.39 Å². The van der Waals surface area contributed by atoms with Crippen molar-refractivity contribution < 1.29 is 9.13 Å². The van der Waals surface area contributed by atoms with E-state index in [-0.39, 0.29) is 11.9 Å². The summed E-state index contributed by atoms with van der Waals surface area (Å²) in [5.74, 6) is 0.532. The van der Waals surface area contributed by atoms with E-state index in [0.29, 0.717) is 5.52 Å². The molecule has 2 aromatic carbocycles. The maximum Gasteiger partial charge on any atom is 0.147 e. The number of hydrogen-bond donors (Lipinski definition) is 1. The van der Waals surface area contributed by atoms with Crippen molar-refractivity contribution in [3.05, 3.63) is 65.6 Å². The van der Waals surface area contributed by atoms with Crippen LogP contribution >= 0.6 is 0 Å². The molecule has 3 nitrogen and oxygen atoms in total. The third kappa shape index (κ3) is 3.54. The minimum atomic E-state index is -0.200. The Morgan fingerprint density at radius 2 is 1.92 bits per heavy atom. The first-order valence-corrected chi connectivity index (χ1v) is 8.78. The number of nitrogens with zero attached hydrogens (tertiary/aromatic N) is 1. The second kappa shape index (κ2) is 7.70. The van der Waals surface area contributed by atoms with Crippen LogP contribution in [0.2, 0.25) is 0 Å². The second-order valence-electron chi connectivity index (χ2n) is 6.25. The Bertz CT molecular complexity index is 842. The highest BCUT2D eigenvalue weighted by atomic mass is 19.1. The summed E-state index contributed by atoms with van der Waals surface area (Å²) >= 11 is 0. The van der Waals surface area contributed by atoms with Gasteiger partial charge in [-0.2, -0.15) is 0 Å². The molecule has 1 heterocycles. The first kappa shape index (κ1) is 17.5. The standard InChI is InChI=1S/C21H25FN2O/c1-4-24-14-17(20-19(25-3)11-10-18(22)21(20)24)12-13-23-15(2)16-8-6-5-7-9-16/h5-11,14-15,23H,4,12-13H2,1-3H3. The predicted octanol–water partition coefficient (Wildman–Crippen LogP) is 4.70. The molecular formula is C21H25FN2O. The van der Waals surface area contributed by atoms with E-state index in [4.69, 9.17) is 4.74 Å². The normalized spacial score (nSPS) is 12.5. The van der Waals surface area contributed by atoms with Crippen molar-refractivity contribution in [2.24, 2.45) is 0 Å². The minimum absolute atomic E-state index is 0.200. The molecule has 1 unspecified atom stereocenters. The van der Waals surface area contributed by atoms with Crippen LogP contribution < -0.4 is 10.1 Å². The monoisotopic (exact) mass is 340 g/mol. The van der Waals surface area contributed by atoms with Gasteiger partial charge < -0.3 is 14.6 Å². The van der Waals surface area contributed by atoms with Crippen LogP contribution in [0.3, 0.4) is 0 Å². The fourth-order valence-electron chi connectivity index (χ4n) is 3.35. The van der Waals surface area contributed by atoms with Crippen LogP contribution in [-0.2, 0) is 13.0 Å². The van der Waals surface area contributed by atoms with Gasteiger partial charge in [0.1, 0.15) is 11.6 Å². The lowest BCUT2D eigenvalue weighted by Gasteiger charge is -2.14. The summed E-state index contributed by atoms with van der Waals surface area (Å²) in [5, 5.41) is 4.44. The van der Waals surface area contributed by atoms with Gasteiger partial charge in [-0.3, -0.25) is 0 Å². The molecule has 25 heavy (non-hydrogen) atoms. The lowest BCUT2D eigenvalue weighted by molar-refractivity contribution is 0.419. The van der Waals surface area contributed by atoms with Crippen molar-refractivity contribution in [3.63, 3.8) is 0 Å². The summed E-state index contributed by atoms with van der Waals surface area (Å²) in [6, 6.07) is 13.8. The van der Waals surface area contributed by atoms with Gasteiger partial charge in [-0.15, -0.1) is 0 Å². The molecule has 0 saturated carbocycles. The van der Waals surface area contributed by atoms with Crippen LogP contribution in [-0.4, -0.2) is 18.2 Å². The van der Waals surface area contributed by atoms with E-state index in [1.807, 2.05) is 23.8 Å². The van der Waals surface area contributed by atoms with Crippen molar-refractivity contribution in [1.29, 1.82) is 0 Å². The molecule has 1 aromatic heterocycles. The smallest absolute Gasteiger partial charge is 0.147 e. The third-order valence-electron chi connectivity index (χ3n) is 4.72. The van der Waals surface area contributed by atoms with Crippen LogP contribution in [0.5, 0.6) is 5.75 Å². The molecule has 0 aliphatic heterocycles. The molecule has 0 fully saturated rings. The van der Waals surface area contributed by atoms with Crippen molar-refractivity contribution in [2.75, 3.05) is 13.7 Å². The Hall–Kier alpha value is -2.33. The van der Waals surface area contributed by atoms with Crippen molar-refractivity contribution in [3.8, 4) is 5.75 Å². The molecule has 132 valence electrons. The molecule has 0 aliphatic rings. The first-order valence-electron chi connectivity index (χ1n) is 8.78. The van der Waals surface area contributed by atoms with Gasteiger partial charge in [0.15, 0.2) is 0 Å². The van der Waals surface area contributed by atoms with Crippen molar-refractivity contribution in [2.45, 2.75) is 32.9 Å². The van der Waals surface area contributed by atoms with Crippen LogP contribution in [0, 0.1) is 5.82 Å². The summed E-state index contributed by atoms with van der Waals surface area (Å²) < 4.78 is 21.8. The maximum atomic E-state index is 14.3. The Labute approximate surface area is 148 Å². The number of methoxy groups -OCH3 is 1. The summed E-state index contributed by atoms with van der Waals surface area (Å²) in [6.45, 7) is 5.73. The molecule has 1 N–H and O–H groups in total. The second-order valence-corrected chi connectivity index (χ2v) is 6.25. The minimum Gasteiger partial charge on any atom is -0.496 e. The zero-order valence-electron chi connectivity index (χ0n) is 15.1. The number of nitrogens with one attached hydrogen (secondary N) is 1. The quantitative estimate of drug-likeness (QED) is 0.674. The van der Waals surface area contributed by atoms with Crippen molar-refractivity contribution in [1.82, 2.24) is 9.88 Å². The number of rotatable bonds is 7. The fraction of sp³-hybridized carbons (Fsp3) is 0.333. The van der Waals surface area contributed by atoms with Crippen LogP contribution in [0.25, 0.3) is 10.9 Å². The molecule has 0 spiro atoms. The average Bonchev–Trinajstić information content (AvgIpc) is 3.02. The molecule has 4 heteroatoms. The molecule has 3 rings (SSSR count). The summed E-state index contributed by atoms with van der Waals surface area (Å²) in [5.41, 5.74) is 3.01. The zero-order chi connectivity index (χ0) is 17.8. The Balaban J connectivity index is 1.81. The first-order chi connectivity index (χ1) is 12.2. The maximum absolute atomic E-state index is 14.3. The highest BCUT2D eigenvalue weighted by Gasteiger charge is 2.16. The van der Waals surface area contributed by atoms with Gasteiger partial charge in [-0.1, -0.05) is 30.3 Å². The highest BCUT2D eigenvalue weighted by Crippen LogP contribution is 2.33. The summed E-state index contributed by atoms with van der Waals surface area (Å²) in [6.07, 6.45) is 2.87. The predicted molar refractivity (Wildman–Crippen MR) is 101 cm³/mol. The lowest BCUT2D eigenvalue weighted by Crippen LogP contribution is -2.21. The SMILES string of the molecule is CCn1cc(CCNC(C)c2ccccc2)c2c(OC)ccc(F)c21. The summed E-state index contributed by atoms with van der Waals surface area (Å²) in [4.78, 5) is 0. The average molecular weight is 340 g/mol. The van der Waals surface area contributed by atoms with Gasteiger partial charge in [0.05, 0.1) is 12.6 Å². The van der Waals surface area contributed by atoms with Gasteiger partial charge in [0, 0.05) is 24.2 Å². The fourth-order valence-corrected chi connectivity index (χ4v) is 3.35. The van der Waals surface area contributed by atoms with E-state index < -0.39 is 0 Å². The number of aromatic nitrogens is 1. The summed E-state index contributed by atoms with van der Waals surface area (Å²) in [7, 11) is 1.63. The zero-order valence-corrected chi connectivity index (χ0v) is 15.1. The topological polar surface area (TPSA) is 26.2 Å². The largest absolute Gasteiger partial charge is 0.496 e. The number of halogens is 1. The number of fused-ring (bicyclic) bond motifs is 1.